The third-order valence-corrected chi connectivity index (χ3v) is 4.04. The van der Waals surface area contributed by atoms with E-state index in [-0.39, 0.29) is 6.61 Å². The Bertz CT molecular complexity index is 398. The highest BCUT2D eigenvalue weighted by Gasteiger charge is 2.22. The van der Waals surface area contributed by atoms with Crippen molar-refractivity contribution in [3.8, 4) is 5.75 Å². The summed E-state index contributed by atoms with van der Waals surface area (Å²) >= 11 is 6.30. The fraction of sp³-hybridized carbons (Fsp3) is 0.600. The Morgan fingerprint density at radius 2 is 2.06 bits per heavy atom. The van der Waals surface area contributed by atoms with E-state index in [1.807, 2.05) is 6.07 Å². The maximum atomic E-state index is 8.92. The van der Waals surface area contributed by atoms with Crippen LogP contribution < -0.4 is 4.74 Å². The molecule has 1 aromatic rings. The first-order valence-corrected chi connectivity index (χ1v) is 7.11. The van der Waals surface area contributed by atoms with Crippen LogP contribution in [0.15, 0.2) is 12.1 Å². The maximum Gasteiger partial charge on any atom is 0.140 e. The molecule has 0 heterocycles. The van der Waals surface area contributed by atoms with Crippen LogP contribution in [0.4, 0.5) is 0 Å². The van der Waals surface area contributed by atoms with Gasteiger partial charge in [-0.1, -0.05) is 30.5 Å². The lowest BCUT2D eigenvalue weighted by atomic mass is 9.94. The Balaban J connectivity index is 2.30. The van der Waals surface area contributed by atoms with Crippen LogP contribution in [0.2, 0.25) is 5.02 Å². The molecule has 0 aliphatic heterocycles. The number of aliphatic hydroxyl groups is 1. The van der Waals surface area contributed by atoms with Crippen molar-refractivity contribution in [3.05, 3.63) is 28.3 Å². The molecule has 0 amide bonds. The molecule has 1 N–H and O–H groups in total. The molecule has 1 aliphatic rings. The largest absolute Gasteiger partial charge is 0.495 e. The van der Waals surface area contributed by atoms with E-state index >= 15 is 0 Å². The minimum atomic E-state index is 0.225. The van der Waals surface area contributed by atoms with E-state index in [2.05, 4.69) is 6.07 Å². The van der Waals surface area contributed by atoms with E-state index in [0.717, 1.165) is 18.6 Å². The van der Waals surface area contributed by atoms with Crippen molar-refractivity contribution in [1.82, 2.24) is 0 Å². The summed E-state index contributed by atoms with van der Waals surface area (Å²) in [4.78, 5) is 0. The summed E-state index contributed by atoms with van der Waals surface area (Å²) < 4.78 is 5.47. The van der Waals surface area contributed by atoms with Gasteiger partial charge in [0.15, 0.2) is 0 Å². The SMILES string of the molecule is COc1c(Cl)cc(CCCO)cc1C1CCCC1. The predicted octanol–water partition coefficient (Wildman–Crippen LogP) is 3.93. The molecule has 0 atom stereocenters. The van der Waals surface area contributed by atoms with Crippen LogP contribution in [0, 0.1) is 0 Å². The van der Waals surface area contributed by atoms with E-state index in [9.17, 15) is 0 Å². The van der Waals surface area contributed by atoms with Crippen LogP contribution in [0.5, 0.6) is 5.75 Å². The first-order valence-electron chi connectivity index (χ1n) is 6.73. The Hall–Kier alpha value is -0.730. The average molecular weight is 269 g/mol. The van der Waals surface area contributed by atoms with Crippen LogP contribution >= 0.6 is 11.6 Å². The third-order valence-electron chi connectivity index (χ3n) is 3.75. The number of hydrogen-bond donors (Lipinski definition) is 1. The monoisotopic (exact) mass is 268 g/mol. The number of methoxy groups -OCH3 is 1. The highest BCUT2D eigenvalue weighted by Crippen LogP contribution is 2.42. The zero-order valence-electron chi connectivity index (χ0n) is 10.9. The Kier molecular flexibility index (Phi) is 4.90. The minimum absolute atomic E-state index is 0.225. The molecule has 0 unspecified atom stereocenters. The molecule has 2 rings (SSSR count). The van der Waals surface area contributed by atoms with E-state index in [1.165, 1.54) is 36.8 Å². The van der Waals surface area contributed by atoms with Crippen molar-refractivity contribution in [2.45, 2.75) is 44.4 Å². The molecule has 2 nitrogen and oxygen atoms in total. The van der Waals surface area contributed by atoms with Crippen LogP contribution in [0.1, 0.15) is 49.1 Å². The molecule has 1 aromatic carbocycles. The maximum absolute atomic E-state index is 8.92. The van der Waals surface area contributed by atoms with E-state index in [0.29, 0.717) is 10.9 Å². The standard InChI is InChI=1S/C15H21ClO2/c1-18-15-13(12-6-2-3-7-12)9-11(5-4-8-17)10-14(15)16/h9-10,12,17H,2-8H2,1H3. The topological polar surface area (TPSA) is 29.5 Å². The predicted molar refractivity (Wildman–Crippen MR) is 74.6 cm³/mol. The normalized spacial score (nSPS) is 16.2. The minimum Gasteiger partial charge on any atom is -0.495 e. The molecular formula is C15H21ClO2. The van der Waals surface area contributed by atoms with E-state index in [1.54, 1.807) is 7.11 Å². The first-order chi connectivity index (χ1) is 8.76. The lowest BCUT2D eigenvalue weighted by Crippen LogP contribution is -2.00. The fourth-order valence-corrected chi connectivity index (χ4v) is 3.18. The molecule has 18 heavy (non-hydrogen) atoms. The molecule has 0 aromatic heterocycles. The quantitative estimate of drug-likeness (QED) is 0.877. The number of benzene rings is 1. The number of ether oxygens (including phenoxy) is 1. The van der Waals surface area contributed by atoms with Gasteiger partial charge >= 0.3 is 0 Å². The van der Waals surface area contributed by atoms with Crippen molar-refractivity contribution >= 4 is 11.6 Å². The molecule has 1 saturated carbocycles. The summed E-state index contributed by atoms with van der Waals surface area (Å²) in [6, 6.07) is 4.19. The fourth-order valence-electron chi connectivity index (χ4n) is 2.86. The van der Waals surface area contributed by atoms with E-state index in [4.69, 9.17) is 21.4 Å². The summed E-state index contributed by atoms with van der Waals surface area (Å²) in [5.74, 6) is 1.43. The number of aryl methyl sites for hydroxylation is 1. The zero-order chi connectivity index (χ0) is 13.0. The van der Waals surface area contributed by atoms with Crippen molar-refractivity contribution in [3.63, 3.8) is 0 Å². The second-order valence-corrected chi connectivity index (χ2v) is 5.42. The molecule has 1 fully saturated rings. The molecule has 0 bridgehead atoms. The average Bonchev–Trinajstić information content (AvgIpc) is 2.89. The smallest absolute Gasteiger partial charge is 0.140 e. The van der Waals surface area contributed by atoms with Crippen LogP contribution in [0.3, 0.4) is 0 Å². The summed E-state index contributed by atoms with van der Waals surface area (Å²) in [6.45, 7) is 0.225. The molecule has 100 valence electrons. The summed E-state index contributed by atoms with van der Waals surface area (Å²) in [6.07, 6.45) is 6.72. The van der Waals surface area contributed by atoms with Gasteiger partial charge in [0, 0.05) is 6.61 Å². The third kappa shape index (κ3) is 2.99. The van der Waals surface area contributed by atoms with Gasteiger partial charge < -0.3 is 9.84 Å². The molecule has 3 heteroatoms. The number of halogens is 1. The second kappa shape index (κ2) is 6.44. The van der Waals surface area contributed by atoms with Crippen LogP contribution in [0.25, 0.3) is 0 Å². The zero-order valence-corrected chi connectivity index (χ0v) is 11.7. The van der Waals surface area contributed by atoms with Gasteiger partial charge in [-0.05, 0) is 48.8 Å². The lowest BCUT2D eigenvalue weighted by molar-refractivity contribution is 0.288. The Labute approximate surface area is 114 Å². The van der Waals surface area contributed by atoms with Gasteiger partial charge in [-0.3, -0.25) is 0 Å². The van der Waals surface area contributed by atoms with Gasteiger partial charge in [0.05, 0.1) is 12.1 Å². The first kappa shape index (κ1) is 13.7. The molecule has 0 spiro atoms. The highest BCUT2D eigenvalue weighted by atomic mass is 35.5. The van der Waals surface area contributed by atoms with Gasteiger partial charge in [0.25, 0.3) is 0 Å². The van der Waals surface area contributed by atoms with Crippen molar-refractivity contribution in [1.29, 1.82) is 0 Å². The molecule has 0 saturated heterocycles. The second-order valence-electron chi connectivity index (χ2n) is 5.01. The van der Waals surface area contributed by atoms with E-state index < -0.39 is 0 Å². The van der Waals surface area contributed by atoms with Gasteiger partial charge in [-0.25, -0.2) is 0 Å². The van der Waals surface area contributed by atoms with Crippen molar-refractivity contribution in [2.24, 2.45) is 0 Å². The lowest BCUT2D eigenvalue weighted by Gasteiger charge is -2.17. The van der Waals surface area contributed by atoms with Gasteiger partial charge in [-0.2, -0.15) is 0 Å². The Morgan fingerprint density at radius 3 is 2.67 bits per heavy atom. The molecule has 1 aliphatic carbocycles. The number of hydrogen-bond acceptors (Lipinski definition) is 2. The molecule has 0 radical (unpaired) electrons. The van der Waals surface area contributed by atoms with Gasteiger partial charge in [0.1, 0.15) is 5.75 Å². The number of rotatable bonds is 5. The summed E-state index contributed by atoms with van der Waals surface area (Å²) in [5, 5.41) is 9.62. The molecular weight excluding hydrogens is 248 g/mol. The number of aliphatic hydroxyl groups excluding tert-OH is 1. The summed E-state index contributed by atoms with van der Waals surface area (Å²) in [7, 11) is 1.69. The van der Waals surface area contributed by atoms with Crippen molar-refractivity contribution < 1.29 is 9.84 Å². The van der Waals surface area contributed by atoms with Crippen molar-refractivity contribution in [2.75, 3.05) is 13.7 Å². The van der Waals surface area contributed by atoms with Crippen LogP contribution in [-0.2, 0) is 6.42 Å². The van der Waals surface area contributed by atoms with Gasteiger partial charge in [0.2, 0.25) is 0 Å². The van der Waals surface area contributed by atoms with Gasteiger partial charge in [-0.15, -0.1) is 0 Å². The summed E-state index contributed by atoms with van der Waals surface area (Å²) in [5.41, 5.74) is 2.46. The Morgan fingerprint density at radius 1 is 1.33 bits per heavy atom. The highest BCUT2D eigenvalue weighted by molar-refractivity contribution is 6.32. The van der Waals surface area contributed by atoms with Crippen LogP contribution in [-0.4, -0.2) is 18.8 Å².